The van der Waals surface area contributed by atoms with E-state index >= 15 is 0 Å². The Kier molecular flexibility index (Phi) is 3.37. The molecule has 0 aromatic heterocycles. The molecule has 94 valence electrons. The van der Waals surface area contributed by atoms with E-state index in [2.05, 4.69) is 0 Å². The van der Waals surface area contributed by atoms with Gasteiger partial charge in [0.15, 0.2) is 0 Å². The van der Waals surface area contributed by atoms with Crippen LogP contribution in [0.2, 0.25) is 0 Å². The average molecular weight is 247 g/mol. The summed E-state index contributed by atoms with van der Waals surface area (Å²) < 4.78 is 23.9. The van der Waals surface area contributed by atoms with Crippen LogP contribution in [0.5, 0.6) is 11.5 Å². The first-order valence-corrected chi connectivity index (χ1v) is 5.43. The number of nitrogen functional groups attached to an aromatic ring is 1. The number of anilines is 1. The van der Waals surface area contributed by atoms with Crippen LogP contribution >= 0.6 is 0 Å². The molecule has 2 aromatic carbocycles. The van der Waals surface area contributed by atoms with E-state index in [0.29, 0.717) is 28.3 Å². The van der Waals surface area contributed by atoms with Crippen LogP contribution in [0.15, 0.2) is 36.4 Å². The Bertz CT molecular complexity index is 547. The van der Waals surface area contributed by atoms with E-state index in [0.717, 1.165) is 0 Å². The SMILES string of the molecule is COc1cccc(OC)c1-c1cc(F)ccc1N. The van der Waals surface area contributed by atoms with Crippen molar-refractivity contribution in [3.8, 4) is 22.6 Å². The van der Waals surface area contributed by atoms with E-state index < -0.39 is 0 Å². The quantitative estimate of drug-likeness (QED) is 0.848. The molecule has 2 aromatic rings. The van der Waals surface area contributed by atoms with E-state index in [1.54, 1.807) is 32.4 Å². The first-order valence-electron chi connectivity index (χ1n) is 5.43. The molecule has 0 aliphatic rings. The standard InChI is InChI=1S/C14H14FNO2/c1-17-12-4-3-5-13(18-2)14(12)10-8-9(15)6-7-11(10)16/h3-8H,16H2,1-2H3. The molecule has 4 heteroatoms. The van der Waals surface area contributed by atoms with Crippen molar-refractivity contribution in [2.24, 2.45) is 0 Å². The normalized spacial score (nSPS) is 10.2. The minimum Gasteiger partial charge on any atom is -0.496 e. The zero-order valence-electron chi connectivity index (χ0n) is 10.2. The Morgan fingerprint density at radius 2 is 1.61 bits per heavy atom. The molecule has 2 N–H and O–H groups in total. The van der Waals surface area contributed by atoms with Crippen molar-refractivity contribution in [2.45, 2.75) is 0 Å². The van der Waals surface area contributed by atoms with Crippen LogP contribution in [0.4, 0.5) is 10.1 Å². The number of ether oxygens (including phenoxy) is 2. The first kappa shape index (κ1) is 12.2. The molecular formula is C14H14FNO2. The van der Waals surface area contributed by atoms with Gasteiger partial charge < -0.3 is 15.2 Å². The summed E-state index contributed by atoms with van der Waals surface area (Å²) in [6.07, 6.45) is 0. The van der Waals surface area contributed by atoms with Crippen molar-refractivity contribution < 1.29 is 13.9 Å². The highest BCUT2D eigenvalue weighted by atomic mass is 19.1. The van der Waals surface area contributed by atoms with Crippen molar-refractivity contribution in [3.63, 3.8) is 0 Å². The lowest BCUT2D eigenvalue weighted by molar-refractivity contribution is 0.397. The summed E-state index contributed by atoms with van der Waals surface area (Å²) in [5.74, 6) is 0.824. The summed E-state index contributed by atoms with van der Waals surface area (Å²) in [5.41, 5.74) is 7.57. The molecule has 0 saturated carbocycles. The number of nitrogens with two attached hydrogens (primary N) is 1. The number of halogens is 1. The second kappa shape index (κ2) is 4.96. The largest absolute Gasteiger partial charge is 0.496 e. The summed E-state index contributed by atoms with van der Waals surface area (Å²) in [6, 6.07) is 9.58. The molecule has 3 nitrogen and oxygen atoms in total. The van der Waals surface area contributed by atoms with Gasteiger partial charge in [-0.3, -0.25) is 0 Å². The molecule has 0 saturated heterocycles. The average Bonchev–Trinajstić information content (AvgIpc) is 2.40. The predicted molar refractivity (Wildman–Crippen MR) is 69.4 cm³/mol. The number of methoxy groups -OCH3 is 2. The molecule has 0 aliphatic heterocycles. The maximum absolute atomic E-state index is 13.4. The van der Waals surface area contributed by atoms with E-state index in [1.165, 1.54) is 18.2 Å². The van der Waals surface area contributed by atoms with Crippen molar-refractivity contribution in [2.75, 3.05) is 20.0 Å². The molecule has 18 heavy (non-hydrogen) atoms. The Morgan fingerprint density at radius 1 is 1.00 bits per heavy atom. The van der Waals surface area contributed by atoms with Crippen LogP contribution in [0.3, 0.4) is 0 Å². The Hall–Kier alpha value is -2.23. The lowest BCUT2D eigenvalue weighted by atomic mass is 10.0. The van der Waals surface area contributed by atoms with Crippen LogP contribution in [-0.2, 0) is 0 Å². The molecule has 0 aliphatic carbocycles. The van der Waals surface area contributed by atoms with Gasteiger partial charge in [0.2, 0.25) is 0 Å². The van der Waals surface area contributed by atoms with Gasteiger partial charge in [-0.25, -0.2) is 4.39 Å². The third-order valence-corrected chi connectivity index (χ3v) is 2.71. The molecule has 0 amide bonds. The van der Waals surface area contributed by atoms with Gasteiger partial charge in [-0.05, 0) is 30.3 Å². The Labute approximate surface area is 105 Å². The summed E-state index contributed by atoms with van der Waals surface area (Å²) in [7, 11) is 3.10. The maximum atomic E-state index is 13.4. The van der Waals surface area contributed by atoms with Crippen LogP contribution in [0.25, 0.3) is 11.1 Å². The second-order valence-corrected chi connectivity index (χ2v) is 3.77. The van der Waals surface area contributed by atoms with Crippen molar-refractivity contribution in [1.82, 2.24) is 0 Å². The van der Waals surface area contributed by atoms with Gasteiger partial charge >= 0.3 is 0 Å². The summed E-state index contributed by atoms with van der Waals surface area (Å²) >= 11 is 0. The van der Waals surface area contributed by atoms with Crippen LogP contribution in [-0.4, -0.2) is 14.2 Å². The fourth-order valence-corrected chi connectivity index (χ4v) is 1.86. The highest BCUT2D eigenvalue weighted by molar-refractivity contribution is 5.84. The topological polar surface area (TPSA) is 44.5 Å². The van der Waals surface area contributed by atoms with Crippen LogP contribution in [0.1, 0.15) is 0 Å². The van der Waals surface area contributed by atoms with Gasteiger partial charge in [0, 0.05) is 11.3 Å². The zero-order valence-corrected chi connectivity index (χ0v) is 10.2. The van der Waals surface area contributed by atoms with E-state index in [9.17, 15) is 4.39 Å². The van der Waals surface area contributed by atoms with Crippen LogP contribution < -0.4 is 15.2 Å². The summed E-state index contributed by atoms with van der Waals surface area (Å²) in [6.45, 7) is 0. The fraction of sp³-hybridized carbons (Fsp3) is 0.143. The predicted octanol–water partition coefficient (Wildman–Crippen LogP) is 3.09. The molecule has 0 unspecified atom stereocenters. The molecular weight excluding hydrogens is 233 g/mol. The number of rotatable bonds is 3. The van der Waals surface area contributed by atoms with Crippen molar-refractivity contribution in [3.05, 3.63) is 42.2 Å². The van der Waals surface area contributed by atoms with E-state index in [1.807, 2.05) is 0 Å². The van der Waals surface area contributed by atoms with Gasteiger partial charge in [0.05, 0.1) is 19.8 Å². The molecule has 0 spiro atoms. The van der Waals surface area contributed by atoms with E-state index in [4.69, 9.17) is 15.2 Å². The molecule has 2 rings (SSSR count). The number of benzene rings is 2. The number of hydrogen-bond donors (Lipinski definition) is 1. The highest BCUT2D eigenvalue weighted by Crippen LogP contribution is 2.40. The van der Waals surface area contributed by atoms with Gasteiger partial charge in [-0.15, -0.1) is 0 Å². The third-order valence-electron chi connectivity index (χ3n) is 2.71. The lowest BCUT2D eigenvalue weighted by Gasteiger charge is -2.14. The van der Waals surface area contributed by atoms with Crippen LogP contribution in [0, 0.1) is 5.82 Å². The molecule has 0 atom stereocenters. The lowest BCUT2D eigenvalue weighted by Crippen LogP contribution is -1.97. The second-order valence-electron chi connectivity index (χ2n) is 3.77. The highest BCUT2D eigenvalue weighted by Gasteiger charge is 2.15. The smallest absolute Gasteiger partial charge is 0.130 e. The monoisotopic (exact) mass is 247 g/mol. The van der Waals surface area contributed by atoms with Crippen molar-refractivity contribution >= 4 is 5.69 Å². The zero-order chi connectivity index (χ0) is 13.1. The Balaban J connectivity index is 2.72. The van der Waals surface area contributed by atoms with E-state index in [-0.39, 0.29) is 5.82 Å². The van der Waals surface area contributed by atoms with Gasteiger partial charge in [0.1, 0.15) is 17.3 Å². The summed E-state index contributed by atoms with van der Waals surface area (Å²) in [4.78, 5) is 0. The first-order chi connectivity index (χ1) is 8.67. The minimum absolute atomic E-state index is 0.354. The van der Waals surface area contributed by atoms with Crippen molar-refractivity contribution in [1.29, 1.82) is 0 Å². The molecule has 0 fully saturated rings. The molecule has 0 bridgehead atoms. The number of hydrogen-bond acceptors (Lipinski definition) is 3. The minimum atomic E-state index is -0.354. The fourth-order valence-electron chi connectivity index (χ4n) is 1.86. The van der Waals surface area contributed by atoms with Gasteiger partial charge in [-0.1, -0.05) is 6.07 Å². The molecule has 0 radical (unpaired) electrons. The Morgan fingerprint density at radius 3 is 2.17 bits per heavy atom. The van der Waals surface area contributed by atoms with Gasteiger partial charge in [-0.2, -0.15) is 0 Å². The maximum Gasteiger partial charge on any atom is 0.130 e. The third kappa shape index (κ3) is 2.09. The molecule has 0 heterocycles. The van der Waals surface area contributed by atoms with Gasteiger partial charge in [0.25, 0.3) is 0 Å². The summed E-state index contributed by atoms with van der Waals surface area (Å²) in [5, 5.41) is 0.